The number of esters is 1. The molecule has 0 aliphatic rings. The van der Waals surface area contributed by atoms with E-state index in [2.05, 4.69) is 0 Å². The van der Waals surface area contributed by atoms with Crippen LogP contribution in [-0.4, -0.2) is 13.1 Å². The van der Waals surface area contributed by atoms with Gasteiger partial charge in [-0.3, -0.25) is 9.36 Å². The zero-order valence-corrected chi connectivity index (χ0v) is 17.5. The molecule has 31 heavy (non-hydrogen) atoms. The molecule has 3 rings (SSSR count). The molecule has 4 nitrogen and oxygen atoms in total. The van der Waals surface area contributed by atoms with Gasteiger partial charge in [-0.1, -0.05) is 48.5 Å². The predicted molar refractivity (Wildman–Crippen MR) is 112 cm³/mol. The number of rotatable bonds is 7. The third-order valence-electron chi connectivity index (χ3n) is 4.66. The SMILES string of the molecule is COC(=O)CC(OP(=O)(c1ccccc1)c1ccccc1)c1ccc(C(F)(F)F)cc1. The minimum Gasteiger partial charge on any atom is -0.469 e. The number of alkyl halides is 3. The van der Waals surface area contributed by atoms with E-state index in [4.69, 9.17) is 9.26 Å². The first-order valence-corrected chi connectivity index (χ1v) is 11.0. The van der Waals surface area contributed by atoms with Crippen molar-refractivity contribution in [2.75, 3.05) is 7.11 Å². The van der Waals surface area contributed by atoms with E-state index >= 15 is 0 Å². The molecule has 0 aliphatic carbocycles. The standard InChI is InChI=1S/C23H20F3O4P/c1-29-22(27)16-21(17-12-14-18(15-13-17)23(24,25)26)30-31(28,19-8-4-2-5-9-19)20-10-6-3-7-11-20/h2-15,21H,16H2,1H3. The van der Waals surface area contributed by atoms with E-state index in [1.165, 1.54) is 19.2 Å². The first kappa shape index (κ1) is 22.8. The van der Waals surface area contributed by atoms with Gasteiger partial charge in [-0.2, -0.15) is 13.2 Å². The quantitative estimate of drug-likeness (QED) is 0.366. The van der Waals surface area contributed by atoms with E-state index in [0.717, 1.165) is 12.1 Å². The van der Waals surface area contributed by atoms with Crippen LogP contribution in [0.25, 0.3) is 0 Å². The van der Waals surface area contributed by atoms with Gasteiger partial charge in [-0.15, -0.1) is 0 Å². The topological polar surface area (TPSA) is 52.6 Å². The van der Waals surface area contributed by atoms with E-state index in [9.17, 15) is 22.5 Å². The van der Waals surface area contributed by atoms with Crippen LogP contribution in [0.5, 0.6) is 0 Å². The van der Waals surface area contributed by atoms with E-state index in [1.54, 1.807) is 60.7 Å². The fraction of sp³-hybridized carbons (Fsp3) is 0.174. The Morgan fingerprint density at radius 2 is 1.35 bits per heavy atom. The van der Waals surface area contributed by atoms with Gasteiger partial charge in [0, 0.05) is 10.6 Å². The zero-order chi connectivity index (χ0) is 22.5. The average molecular weight is 448 g/mol. The summed E-state index contributed by atoms with van der Waals surface area (Å²) in [6.07, 6.45) is -5.90. The van der Waals surface area contributed by atoms with E-state index in [-0.39, 0.29) is 12.0 Å². The molecule has 3 aromatic rings. The molecule has 0 fully saturated rings. The Morgan fingerprint density at radius 1 is 0.871 bits per heavy atom. The van der Waals surface area contributed by atoms with Crippen molar-refractivity contribution < 1.29 is 31.8 Å². The Kier molecular flexibility index (Phi) is 6.98. The summed E-state index contributed by atoms with van der Waals surface area (Å²) in [6.45, 7) is 0. The van der Waals surface area contributed by atoms with Gasteiger partial charge in [0.05, 0.1) is 19.1 Å². The summed E-state index contributed by atoms with van der Waals surface area (Å²) in [6, 6.07) is 21.2. The molecule has 0 radical (unpaired) electrons. The zero-order valence-electron chi connectivity index (χ0n) is 16.6. The second-order valence-electron chi connectivity index (χ2n) is 6.72. The van der Waals surface area contributed by atoms with Crippen molar-refractivity contribution >= 4 is 23.9 Å². The lowest BCUT2D eigenvalue weighted by Crippen LogP contribution is -2.21. The first-order chi connectivity index (χ1) is 14.7. The Hall–Kier alpha value is -2.89. The van der Waals surface area contributed by atoms with Crippen LogP contribution >= 0.6 is 7.37 Å². The maximum absolute atomic E-state index is 14.1. The molecule has 0 amide bonds. The van der Waals surface area contributed by atoms with Gasteiger partial charge in [0.2, 0.25) is 0 Å². The summed E-state index contributed by atoms with van der Waals surface area (Å²) >= 11 is 0. The van der Waals surface area contributed by atoms with Gasteiger partial charge in [0.25, 0.3) is 7.37 Å². The molecule has 0 saturated carbocycles. The van der Waals surface area contributed by atoms with Gasteiger partial charge in [0.15, 0.2) is 0 Å². The molecule has 0 aliphatic heterocycles. The Morgan fingerprint density at radius 3 is 1.77 bits per heavy atom. The molecule has 0 heterocycles. The highest BCUT2D eigenvalue weighted by atomic mass is 31.2. The van der Waals surface area contributed by atoms with Gasteiger partial charge >= 0.3 is 12.1 Å². The number of ether oxygens (including phenoxy) is 1. The minimum atomic E-state index is -4.50. The first-order valence-electron chi connectivity index (χ1n) is 9.37. The van der Waals surface area contributed by atoms with Crippen LogP contribution in [0, 0.1) is 0 Å². The predicted octanol–water partition coefficient (Wildman–Crippen LogP) is 5.26. The number of halogens is 3. The van der Waals surface area contributed by atoms with E-state index < -0.39 is 31.2 Å². The van der Waals surface area contributed by atoms with Crippen LogP contribution in [0.15, 0.2) is 84.9 Å². The summed E-state index contributed by atoms with van der Waals surface area (Å²) in [5.41, 5.74) is -0.548. The summed E-state index contributed by atoms with van der Waals surface area (Å²) < 4.78 is 63.8. The van der Waals surface area contributed by atoms with Crippen molar-refractivity contribution in [1.82, 2.24) is 0 Å². The highest BCUT2D eigenvalue weighted by Crippen LogP contribution is 2.50. The normalized spacial score (nSPS) is 12.9. The van der Waals surface area contributed by atoms with E-state index in [1.807, 2.05) is 0 Å². The van der Waals surface area contributed by atoms with Crippen LogP contribution in [0.4, 0.5) is 13.2 Å². The van der Waals surface area contributed by atoms with Crippen molar-refractivity contribution in [3.8, 4) is 0 Å². The molecule has 0 N–H and O–H groups in total. The lowest BCUT2D eigenvalue weighted by Gasteiger charge is -2.26. The van der Waals surface area contributed by atoms with Crippen molar-refractivity contribution in [1.29, 1.82) is 0 Å². The number of hydrogen-bond donors (Lipinski definition) is 0. The van der Waals surface area contributed by atoms with Gasteiger partial charge in [0.1, 0.15) is 6.10 Å². The Labute approximate surface area is 178 Å². The summed E-state index contributed by atoms with van der Waals surface area (Å²) in [4.78, 5) is 12.0. The molecule has 3 aromatic carbocycles. The van der Waals surface area contributed by atoms with Crippen LogP contribution in [-0.2, 0) is 24.8 Å². The van der Waals surface area contributed by atoms with Gasteiger partial charge in [-0.25, -0.2) is 0 Å². The Balaban J connectivity index is 2.05. The molecule has 0 saturated heterocycles. The maximum atomic E-state index is 14.1. The Bertz CT molecular complexity index is 1010. The van der Waals surface area contributed by atoms with Crippen molar-refractivity contribution in [2.24, 2.45) is 0 Å². The molecule has 162 valence electrons. The molecular weight excluding hydrogens is 428 g/mol. The number of methoxy groups -OCH3 is 1. The summed E-state index contributed by atoms with van der Waals surface area (Å²) in [7, 11) is -2.49. The second kappa shape index (κ2) is 9.50. The molecule has 0 spiro atoms. The highest BCUT2D eigenvalue weighted by Gasteiger charge is 2.35. The second-order valence-corrected chi connectivity index (χ2v) is 9.06. The summed E-state index contributed by atoms with van der Waals surface area (Å²) in [5.74, 6) is -0.641. The fourth-order valence-electron chi connectivity index (χ4n) is 3.04. The molecule has 0 aromatic heterocycles. The molecule has 0 bridgehead atoms. The molecular formula is C23H20F3O4P. The molecule has 1 atom stereocenters. The largest absolute Gasteiger partial charge is 0.469 e. The van der Waals surface area contributed by atoms with E-state index in [0.29, 0.717) is 10.6 Å². The fourth-order valence-corrected chi connectivity index (χ4v) is 5.26. The van der Waals surface area contributed by atoms with Crippen LogP contribution in [0.3, 0.4) is 0 Å². The van der Waals surface area contributed by atoms with Crippen molar-refractivity contribution in [3.05, 3.63) is 96.1 Å². The third-order valence-corrected chi connectivity index (χ3v) is 7.16. The molecule has 1 unspecified atom stereocenters. The van der Waals surface area contributed by atoms with Gasteiger partial charge in [-0.05, 0) is 42.0 Å². The van der Waals surface area contributed by atoms with Crippen LogP contribution < -0.4 is 10.6 Å². The third kappa shape index (κ3) is 5.43. The van der Waals surface area contributed by atoms with Crippen LogP contribution in [0.1, 0.15) is 23.7 Å². The lowest BCUT2D eigenvalue weighted by atomic mass is 10.0. The lowest BCUT2D eigenvalue weighted by molar-refractivity contribution is -0.142. The van der Waals surface area contributed by atoms with Crippen molar-refractivity contribution in [2.45, 2.75) is 18.7 Å². The monoisotopic (exact) mass is 448 g/mol. The molecule has 8 heteroatoms. The average Bonchev–Trinajstić information content (AvgIpc) is 2.79. The minimum absolute atomic E-state index is 0.283. The number of carbonyl (C=O) groups excluding carboxylic acids is 1. The number of carbonyl (C=O) groups is 1. The smallest absolute Gasteiger partial charge is 0.416 e. The van der Waals surface area contributed by atoms with Crippen LogP contribution in [0.2, 0.25) is 0 Å². The van der Waals surface area contributed by atoms with Crippen molar-refractivity contribution in [3.63, 3.8) is 0 Å². The summed E-state index contributed by atoms with van der Waals surface area (Å²) in [5, 5.41) is 0.811. The number of benzene rings is 3. The number of hydrogen-bond acceptors (Lipinski definition) is 4. The highest BCUT2D eigenvalue weighted by molar-refractivity contribution is 7.74. The maximum Gasteiger partial charge on any atom is 0.416 e. The van der Waals surface area contributed by atoms with Gasteiger partial charge < -0.3 is 9.26 Å².